The molecule has 1 aromatic heterocycles. The zero-order valence-electron chi connectivity index (χ0n) is 8.54. The third kappa shape index (κ3) is 2.06. The summed E-state index contributed by atoms with van der Waals surface area (Å²) in [6.45, 7) is 1.55. The highest BCUT2D eigenvalue weighted by Gasteiger charge is 2.19. The topological polar surface area (TPSA) is 72.2 Å². The minimum atomic E-state index is -3.61. The van der Waals surface area contributed by atoms with Gasteiger partial charge in [-0.25, -0.2) is 8.42 Å². The second-order valence-electron chi connectivity index (χ2n) is 3.22. The first-order chi connectivity index (χ1) is 7.59. The third-order valence-electron chi connectivity index (χ3n) is 2.02. The van der Waals surface area contributed by atoms with Gasteiger partial charge in [-0.2, -0.15) is 0 Å². The van der Waals surface area contributed by atoms with Gasteiger partial charge >= 0.3 is 0 Å². The minimum Gasteiger partial charge on any atom is -0.360 e. The van der Waals surface area contributed by atoms with Gasteiger partial charge in [0.25, 0.3) is 10.0 Å². The number of anilines is 1. The van der Waals surface area contributed by atoms with Crippen molar-refractivity contribution < 1.29 is 12.9 Å². The first-order valence-corrected chi connectivity index (χ1v) is 6.07. The summed E-state index contributed by atoms with van der Waals surface area (Å²) in [4.78, 5) is 0.0522. The molecule has 0 aliphatic heterocycles. The fourth-order valence-electron chi connectivity index (χ4n) is 1.26. The van der Waals surface area contributed by atoms with Crippen LogP contribution in [0.5, 0.6) is 0 Å². The van der Waals surface area contributed by atoms with E-state index in [1.165, 1.54) is 6.20 Å². The number of hydrogen-bond donors (Lipinski definition) is 1. The molecular formula is C10H10N2O3S. The number of nitrogens with one attached hydrogen (secondary N) is 1. The lowest BCUT2D eigenvalue weighted by atomic mass is 10.3. The van der Waals surface area contributed by atoms with E-state index in [1.807, 2.05) is 6.07 Å². The Morgan fingerprint density at radius 1 is 1.25 bits per heavy atom. The van der Waals surface area contributed by atoms with Crippen LogP contribution in [0.3, 0.4) is 0 Å². The van der Waals surface area contributed by atoms with Crippen LogP contribution < -0.4 is 4.72 Å². The summed E-state index contributed by atoms with van der Waals surface area (Å²) in [5.41, 5.74) is 0.503. The van der Waals surface area contributed by atoms with E-state index in [9.17, 15) is 8.42 Å². The van der Waals surface area contributed by atoms with E-state index in [1.54, 1.807) is 31.2 Å². The molecule has 1 aromatic carbocycles. The molecule has 1 heterocycles. The van der Waals surface area contributed by atoms with Crippen molar-refractivity contribution in [2.24, 2.45) is 0 Å². The molecule has 0 fully saturated rings. The number of hydrogen-bond acceptors (Lipinski definition) is 4. The molecule has 1 N–H and O–H groups in total. The van der Waals surface area contributed by atoms with Crippen LogP contribution in [0.15, 0.2) is 45.9 Å². The molecule has 0 unspecified atom stereocenters. The van der Waals surface area contributed by atoms with Gasteiger partial charge in [0, 0.05) is 5.69 Å². The molecule has 2 aromatic rings. The Balaban J connectivity index is 2.32. The Morgan fingerprint density at radius 2 is 1.94 bits per heavy atom. The molecule has 2 rings (SSSR count). The van der Waals surface area contributed by atoms with Crippen LogP contribution in [0.1, 0.15) is 5.76 Å². The standard InChI is InChI=1S/C10H10N2O3S/c1-8-10(7-11-15-8)16(13,14)12-9-5-3-2-4-6-9/h2-7,12H,1H3. The number of nitrogens with zero attached hydrogens (tertiary/aromatic N) is 1. The second-order valence-corrected chi connectivity index (χ2v) is 4.87. The van der Waals surface area contributed by atoms with Crippen LogP contribution in [0, 0.1) is 6.92 Å². The number of aromatic nitrogens is 1. The summed E-state index contributed by atoms with van der Waals surface area (Å²) < 4.78 is 30.9. The monoisotopic (exact) mass is 238 g/mol. The van der Waals surface area contributed by atoms with Crippen molar-refractivity contribution in [3.63, 3.8) is 0 Å². The van der Waals surface area contributed by atoms with Crippen LogP contribution in [0.2, 0.25) is 0 Å². The lowest BCUT2D eigenvalue weighted by Gasteiger charge is -2.05. The zero-order valence-corrected chi connectivity index (χ0v) is 9.36. The van der Waals surface area contributed by atoms with Gasteiger partial charge < -0.3 is 4.52 Å². The van der Waals surface area contributed by atoms with Gasteiger partial charge in [0.1, 0.15) is 4.90 Å². The van der Waals surface area contributed by atoms with Crippen molar-refractivity contribution in [2.75, 3.05) is 4.72 Å². The summed E-state index contributed by atoms with van der Waals surface area (Å²) in [6.07, 6.45) is 1.18. The molecule has 5 nitrogen and oxygen atoms in total. The van der Waals surface area contributed by atoms with E-state index >= 15 is 0 Å². The summed E-state index contributed by atoms with van der Waals surface area (Å²) >= 11 is 0. The van der Waals surface area contributed by atoms with E-state index in [0.717, 1.165) is 0 Å². The first-order valence-electron chi connectivity index (χ1n) is 4.59. The molecule has 16 heavy (non-hydrogen) atoms. The average molecular weight is 238 g/mol. The Labute approximate surface area is 93.1 Å². The Morgan fingerprint density at radius 3 is 2.50 bits per heavy atom. The maximum absolute atomic E-state index is 11.9. The highest BCUT2D eigenvalue weighted by Crippen LogP contribution is 2.18. The van der Waals surface area contributed by atoms with Crippen molar-refractivity contribution in [3.8, 4) is 0 Å². The number of benzene rings is 1. The molecular weight excluding hydrogens is 228 g/mol. The quantitative estimate of drug-likeness (QED) is 0.884. The normalized spacial score (nSPS) is 11.3. The SMILES string of the molecule is Cc1oncc1S(=O)(=O)Nc1ccccc1. The van der Waals surface area contributed by atoms with E-state index in [4.69, 9.17) is 4.52 Å². The lowest BCUT2D eigenvalue weighted by molar-refractivity contribution is 0.394. The maximum atomic E-state index is 11.9. The number of rotatable bonds is 3. The van der Waals surface area contributed by atoms with Gasteiger partial charge in [0.05, 0.1) is 6.20 Å². The second kappa shape index (κ2) is 3.97. The summed E-state index contributed by atoms with van der Waals surface area (Å²) in [6, 6.07) is 8.64. The van der Waals surface area contributed by atoms with E-state index in [2.05, 4.69) is 9.88 Å². The molecule has 0 spiro atoms. The first kappa shape index (κ1) is 10.7. The van der Waals surface area contributed by atoms with Gasteiger partial charge in [0.2, 0.25) is 0 Å². The summed E-state index contributed by atoms with van der Waals surface area (Å²) in [5, 5.41) is 3.44. The fraction of sp³-hybridized carbons (Fsp3) is 0.100. The lowest BCUT2D eigenvalue weighted by Crippen LogP contribution is -2.12. The molecule has 0 saturated heterocycles. The number of para-hydroxylation sites is 1. The van der Waals surface area contributed by atoms with Crippen LogP contribution in [0.4, 0.5) is 5.69 Å². The third-order valence-corrected chi connectivity index (χ3v) is 3.50. The largest absolute Gasteiger partial charge is 0.360 e. The summed E-state index contributed by atoms with van der Waals surface area (Å²) in [5.74, 6) is 0.267. The van der Waals surface area contributed by atoms with Gasteiger partial charge in [-0.3, -0.25) is 4.72 Å². The predicted molar refractivity (Wildman–Crippen MR) is 58.5 cm³/mol. The van der Waals surface area contributed by atoms with E-state index in [0.29, 0.717) is 5.69 Å². The van der Waals surface area contributed by atoms with Gasteiger partial charge in [-0.1, -0.05) is 23.4 Å². The summed E-state index contributed by atoms with van der Waals surface area (Å²) in [7, 11) is -3.61. The van der Waals surface area contributed by atoms with Crippen LogP contribution in [-0.4, -0.2) is 13.6 Å². The molecule has 0 radical (unpaired) electrons. The van der Waals surface area contributed by atoms with Crippen LogP contribution in [-0.2, 0) is 10.0 Å². The minimum absolute atomic E-state index is 0.0522. The molecule has 0 aliphatic carbocycles. The molecule has 0 amide bonds. The number of sulfonamides is 1. The Bertz CT molecular complexity index is 575. The zero-order chi connectivity index (χ0) is 11.6. The smallest absolute Gasteiger partial charge is 0.267 e. The maximum Gasteiger partial charge on any atom is 0.267 e. The predicted octanol–water partition coefficient (Wildman–Crippen LogP) is 1.78. The van der Waals surface area contributed by atoms with Gasteiger partial charge in [-0.15, -0.1) is 0 Å². The van der Waals surface area contributed by atoms with Crippen LogP contribution in [0.25, 0.3) is 0 Å². The average Bonchev–Trinajstić information content (AvgIpc) is 2.66. The highest BCUT2D eigenvalue weighted by atomic mass is 32.2. The van der Waals surface area contributed by atoms with Crippen molar-refractivity contribution >= 4 is 15.7 Å². The molecule has 6 heteroatoms. The molecule has 84 valence electrons. The molecule has 0 aliphatic rings. The molecule has 0 atom stereocenters. The Kier molecular flexibility index (Phi) is 2.66. The highest BCUT2D eigenvalue weighted by molar-refractivity contribution is 7.92. The van der Waals surface area contributed by atoms with Gasteiger partial charge in [0.15, 0.2) is 5.76 Å². The van der Waals surface area contributed by atoms with Crippen molar-refractivity contribution in [3.05, 3.63) is 42.3 Å². The van der Waals surface area contributed by atoms with Crippen molar-refractivity contribution in [2.45, 2.75) is 11.8 Å². The van der Waals surface area contributed by atoms with Crippen molar-refractivity contribution in [1.82, 2.24) is 5.16 Å². The molecule has 0 saturated carbocycles. The van der Waals surface area contributed by atoms with E-state index < -0.39 is 10.0 Å². The van der Waals surface area contributed by atoms with Gasteiger partial charge in [-0.05, 0) is 19.1 Å². The Hall–Kier alpha value is -1.82. The van der Waals surface area contributed by atoms with Crippen LogP contribution >= 0.6 is 0 Å². The van der Waals surface area contributed by atoms with E-state index in [-0.39, 0.29) is 10.7 Å². The van der Waals surface area contributed by atoms with Crippen molar-refractivity contribution in [1.29, 1.82) is 0 Å². The number of aryl methyl sites for hydroxylation is 1. The fourth-order valence-corrected chi connectivity index (χ4v) is 2.42. The molecule has 0 bridgehead atoms.